The number of methoxy groups -OCH3 is 1. The zero-order valence-corrected chi connectivity index (χ0v) is 18.0. The second-order valence-electron chi connectivity index (χ2n) is 6.83. The lowest BCUT2D eigenvalue weighted by atomic mass is 10.1. The number of ether oxygens (including phenoxy) is 1. The summed E-state index contributed by atoms with van der Waals surface area (Å²) in [4.78, 5) is 14.1. The van der Waals surface area contributed by atoms with E-state index in [1.807, 2.05) is 0 Å². The largest absolute Gasteiger partial charge is 0.383 e. The second kappa shape index (κ2) is 10.3. The molecule has 0 fully saturated rings. The third-order valence-corrected chi connectivity index (χ3v) is 5.82. The van der Waals surface area contributed by atoms with Gasteiger partial charge in [0.25, 0.3) is 5.91 Å². The maximum Gasteiger partial charge on any atom is 0.339 e. The van der Waals surface area contributed by atoms with E-state index in [2.05, 4.69) is 0 Å². The van der Waals surface area contributed by atoms with E-state index < -0.39 is 27.7 Å². The summed E-state index contributed by atoms with van der Waals surface area (Å²) in [5, 5.41) is 0. The first kappa shape index (κ1) is 23.4. The van der Waals surface area contributed by atoms with Gasteiger partial charge in [-0.15, -0.1) is 0 Å². The molecule has 1 amide bonds. The molecule has 3 rings (SSSR count). The van der Waals surface area contributed by atoms with Gasteiger partial charge >= 0.3 is 10.1 Å². The summed E-state index contributed by atoms with van der Waals surface area (Å²) in [5.74, 6) is -1.60. The molecule has 0 saturated heterocycles. The van der Waals surface area contributed by atoms with Gasteiger partial charge in [-0.3, -0.25) is 4.79 Å². The van der Waals surface area contributed by atoms with Crippen molar-refractivity contribution in [3.63, 3.8) is 0 Å². The number of hydrogen-bond acceptors (Lipinski definition) is 5. The van der Waals surface area contributed by atoms with E-state index in [9.17, 15) is 22.0 Å². The van der Waals surface area contributed by atoms with Crippen LogP contribution in [0.3, 0.4) is 0 Å². The number of carbonyl (C=O) groups is 1. The number of hydrogen-bond donors (Lipinski definition) is 0. The molecule has 32 heavy (non-hydrogen) atoms. The second-order valence-corrected chi connectivity index (χ2v) is 8.38. The van der Waals surface area contributed by atoms with Crippen LogP contribution in [0.2, 0.25) is 0 Å². The van der Waals surface area contributed by atoms with E-state index in [0.29, 0.717) is 5.56 Å². The number of nitrogens with zero attached hydrogens (tertiary/aromatic N) is 1. The Morgan fingerprint density at radius 1 is 0.938 bits per heavy atom. The molecule has 0 atom stereocenters. The Kier molecular flexibility index (Phi) is 7.55. The predicted molar refractivity (Wildman–Crippen MR) is 114 cm³/mol. The highest BCUT2D eigenvalue weighted by molar-refractivity contribution is 7.87. The van der Waals surface area contributed by atoms with Crippen LogP contribution in [-0.2, 0) is 21.4 Å². The van der Waals surface area contributed by atoms with Gasteiger partial charge in [0.15, 0.2) is 0 Å². The van der Waals surface area contributed by atoms with Gasteiger partial charge in [-0.25, -0.2) is 8.78 Å². The smallest absolute Gasteiger partial charge is 0.339 e. The minimum Gasteiger partial charge on any atom is -0.383 e. The van der Waals surface area contributed by atoms with Crippen LogP contribution in [0.25, 0.3) is 0 Å². The van der Waals surface area contributed by atoms with Crippen molar-refractivity contribution in [2.45, 2.75) is 11.4 Å². The van der Waals surface area contributed by atoms with E-state index in [0.717, 1.165) is 24.3 Å². The van der Waals surface area contributed by atoms with Crippen LogP contribution in [-0.4, -0.2) is 39.5 Å². The lowest BCUT2D eigenvalue weighted by Gasteiger charge is -2.23. The van der Waals surface area contributed by atoms with Crippen LogP contribution < -0.4 is 4.18 Å². The number of amides is 1. The van der Waals surface area contributed by atoms with Crippen LogP contribution in [0.4, 0.5) is 8.78 Å². The Morgan fingerprint density at radius 2 is 1.59 bits per heavy atom. The molecule has 3 aromatic rings. The highest BCUT2D eigenvalue weighted by Gasteiger charge is 2.20. The van der Waals surface area contributed by atoms with Gasteiger partial charge in [-0.05, 0) is 54.1 Å². The van der Waals surface area contributed by atoms with Crippen molar-refractivity contribution >= 4 is 16.0 Å². The monoisotopic (exact) mass is 461 g/mol. The highest BCUT2D eigenvalue weighted by atomic mass is 32.2. The third-order valence-electron chi connectivity index (χ3n) is 4.56. The molecule has 0 aromatic heterocycles. The molecular formula is C23H21F2NO5S. The summed E-state index contributed by atoms with van der Waals surface area (Å²) in [6.07, 6.45) is 0. The van der Waals surface area contributed by atoms with E-state index in [4.69, 9.17) is 8.92 Å². The maximum atomic E-state index is 14.1. The molecule has 0 bridgehead atoms. The number of halogens is 2. The minimum atomic E-state index is -4.12. The zero-order valence-electron chi connectivity index (χ0n) is 17.2. The Hall–Kier alpha value is -3.30. The Bertz CT molecular complexity index is 1170. The predicted octanol–water partition coefficient (Wildman–Crippen LogP) is 4.02. The van der Waals surface area contributed by atoms with Gasteiger partial charge in [0.05, 0.1) is 12.2 Å². The topological polar surface area (TPSA) is 72.9 Å². The molecule has 0 spiro atoms. The minimum absolute atomic E-state index is 0.0473. The summed E-state index contributed by atoms with van der Waals surface area (Å²) in [6, 6.07) is 16.1. The molecule has 0 unspecified atom stereocenters. The normalized spacial score (nSPS) is 11.2. The molecule has 168 valence electrons. The number of rotatable bonds is 9. The van der Waals surface area contributed by atoms with Gasteiger partial charge in [0.1, 0.15) is 22.3 Å². The van der Waals surface area contributed by atoms with Crippen LogP contribution in [0.15, 0.2) is 77.7 Å². The highest BCUT2D eigenvalue weighted by Crippen LogP contribution is 2.21. The molecule has 3 aromatic carbocycles. The first-order chi connectivity index (χ1) is 15.3. The molecule has 9 heteroatoms. The fourth-order valence-corrected chi connectivity index (χ4v) is 3.84. The Labute approximate surface area is 185 Å². The Morgan fingerprint density at radius 3 is 2.22 bits per heavy atom. The van der Waals surface area contributed by atoms with Crippen molar-refractivity contribution < 1.29 is 30.9 Å². The van der Waals surface area contributed by atoms with E-state index in [-0.39, 0.29) is 35.9 Å². The molecule has 0 saturated carbocycles. The standard InChI is InChI=1S/C23H21F2NO5S/c1-30-15-14-26(23(27)21-4-2-3-5-22(21)25)16-17-6-10-19(11-7-17)31-32(28,29)20-12-8-18(24)9-13-20/h2-13H,14-16H2,1H3. The van der Waals surface area contributed by atoms with Gasteiger partial charge in [-0.2, -0.15) is 8.42 Å². The summed E-state index contributed by atoms with van der Waals surface area (Å²) in [6.45, 7) is 0.652. The molecule has 0 aliphatic heterocycles. The molecule has 0 aliphatic rings. The van der Waals surface area contributed by atoms with Crippen molar-refractivity contribution in [3.8, 4) is 5.75 Å². The van der Waals surface area contributed by atoms with E-state index in [1.165, 1.54) is 42.3 Å². The summed E-state index contributed by atoms with van der Waals surface area (Å²) >= 11 is 0. The van der Waals surface area contributed by atoms with Crippen molar-refractivity contribution in [1.29, 1.82) is 0 Å². The molecular weight excluding hydrogens is 440 g/mol. The number of benzene rings is 3. The summed E-state index contributed by atoms with van der Waals surface area (Å²) in [7, 11) is -2.62. The van der Waals surface area contributed by atoms with Crippen molar-refractivity contribution in [2.24, 2.45) is 0 Å². The molecule has 0 radical (unpaired) electrons. The zero-order chi connectivity index (χ0) is 23.1. The van der Waals surface area contributed by atoms with Crippen molar-refractivity contribution in [2.75, 3.05) is 20.3 Å². The van der Waals surface area contributed by atoms with Crippen molar-refractivity contribution in [3.05, 3.63) is 95.6 Å². The fourth-order valence-electron chi connectivity index (χ4n) is 2.91. The van der Waals surface area contributed by atoms with Gasteiger partial charge in [0, 0.05) is 20.2 Å². The molecule has 0 N–H and O–H groups in total. The fraction of sp³-hybridized carbons (Fsp3) is 0.174. The molecule has 0 heterocycles. The van der Waals surface area contributed by atoms with Gasteiger partial charge in [0.2, 0.25) is 0 Å². The average Bonchev–Trinajstić information content (AvgIpc) is 2.78. The molecule has 6 nitrogen and oxygen atoms in total. The maximum absolute atomic E-state index is 14.1. The first-order valence-electron chi connectivity index (χ1n) is 9.62. The van der Waals surface area contributed by atoms with Crippen LogP contribution in [0.5, 0.6) is 5.75 Å². The van der Waals surface area contributed by atoms with E-state index in [1.54, 1.807) is 18.2 Å². The third kappa shape index (κ3) is 5.89. The van der Waals surface area contributed by atoms with Crippen LogP contribution >= 0.6 is 0 Å². The van der Waals surface area contributed by atoms with Gasteiger partial charge in [-0.1, -0.05) is 24.3 Å². The SMILES string of the molecule is COCCN(Cc1ccc(OS(=O)(=O)c2ccc(F)cc2)cc1)C(=O)c1ccccc1F. The summed E-state index contributed by atoms with van der Waals surface area (Å²) < 4.78 is 61.9. The van der Waals surface area contributed by atoms with Gasteiger partial charge < -0.3 is 13.8 Å². The average molecular weight is 461 g/mol. The van der Waals surface area contributed by atoms with E-state index >= 15 is 0 Å². The molecule has 0 aliphatic carbocycles. The lowest BCUT2D eigenvalue weighted by Crippen LogP contribution is -2.34. The van der Waals surface area contributed by atoms with Crippen LogP contribution in [0.1, 0.15) is 15.9 Å². The van der Waals surface area contributed by atoms with Crippen LogP contribution in [0, 0.1) is 11.6 Å². The quantitative estimate of drug-likeness (QED) is 0.450. The first-order valence-corrected chi connectivity index (χ1v) is 11.0. The summed E-state index contributed by atoms with van der Waals surface area (Å²) in [5.41, 5.74) is 0.631. The number of carbonyl (C=O) groups excluding carboxylic acids is 1. The lowest BCUT2D eigenvalue weighted by molar-refractivity contribution is 0.0676. The van der Waals surface area contributed by atoms with Crippen molar-refractivity contribution in [1.82, 2.24) is 4.90 Å². The Balaban J connectivity index is 1.74.